The van der Waals surface area contributed by atoms with Crippen LogP contribution in [0.25, 0.3) is 6.08 Å². The third-order valence-corrected chi connectivity index (χ3v) is 1.39. The fourth-order valence-corrected chi connectivity index (χ4v) is 0.840. The van der Waals surface area contributed by atoms with Gasteiger partial charge in [0.15, 0.2) is 0 Å². The van der Waals surface area contributed by atoms with Gasteiger partial charge >= 0.3 is 0 Å². The molecule has 0 bridgehead atoms. The van der Waals surface area contributed by atoms with Gasteiger partial charge in [-0.3, -0.25) is 4.79 Å². The number of rotatable bonds is 3. The van der Waals surface area contributed by atoms with Gasteiger partial charge in [0.25, 0.3) is 0 Å². The van der Waals surface area contributed by atoms with E-state index >= 15 is 0 Å². The van der Waals surface area contributed by atoms with Gasteiger partial charge in [0.1, 0.15) is 6.29 Å². The first-order chi connectivity index (χ1) is 5.93. The normalized spacial score (nSPS) is 11.0. The molecule has 0 atom stereocenters. The van der Waals surface area contributed by atoms with Gasteiger partial charge in [0.2, 0.25) is 0 Å². The van der Waals surface area contributed by atoms with Crippen molar-refractivity contribution in [1.29, 1.82) is 0 Å². The van der Waals surface area contributed by atoms with Crippen LogP contribution in [0.2, 0.25) is 0 Å². The van der Waals surface area contributed by atoms with Crippen molar-refractivity contribution in [3.8, 4) is 0 Å². The summed E-state index contributed by atoms with van der Waals surface area (Å²) in [6, 6.07) is 9.93. The van der Waals surface area contributed by atoms with Gasteiger partial charge in [0, 0.05) is 0 Å². The van der Waals surface area contributed by atoms with Crippen LogP contribution in [0.3, 0.4) is 0 Å². The molecular weight excluding hydrogens is 148 g/mol. The van der Waals surface area contributed by atoms with Crippen LogP contribution in [0.1, 0.15) is 5.56 Å². The number of hydrogen-bond acceptors (Lipinski definition) is 1. The second-order valence-corrected chi connectivity index (χ2v) is 2.29. The van der Waals surface area contributed by atoms with Crippen molar-refractivity contribution in [2.45, 2.75) is 0 Å². The zero-order valence-corrected chi connectivity index (χ0v) is 6.68. The summed E-state index contributed by atoms with van der Waals surface area (Å²) in [4.78, 5) is 9.90. The van der Waals surface area contributed by atoms with Crippen LogP contribution in [0, 0.1) is 0 Å². The minimum atomic E-state index is 0.759. The van der Waals surface area contributed by atoms with Crippen molar-refractivity contribution in [2.75, 3.05) is 0 Å². The molecule has 1 heteroatoms. The first kappa shape index (κ1) is 8.47. The second kappa shape index (κ2) is 5.08. The van der Waals surface area contributed by atoms with Crippen LogP contribution in [-0.4, -0.2) is 6.29 Å². The van der Waals surface area contributed by atoms with E-state index in [2.05, 4.69) is 0 Å². The Kier molecular flexibility index (Phi) is 3.58. The smallest absolute Gasteiger partial charge is 0.142 e. The highest BCUT2D eigenvalue weighted by molar-refractivity contribution is 5.66. The minimum absolute atomic E-state index is 0.759. The largest absolute Gasteiger partial charge is 0.299 e. The maximum absolute atomic E-state index is 9.90. The second-order valence-electron chi connectivity index (χ2n) is 2.29. The number of hydrogen-bond donors (Lipinski definition) is 0. The summed E-state index contributed by atoms with van der Waals surface area (Å²) >= 11 is 0. The van der Waals surface area contributed by atoms with Crippen molar-refractivity contribution in [3.63, 3.8) is 0 Å². The molecule has 0 amide bonds. The Morgan fingerprint density at radius 3 is 2.33 bits per heavy atom. The topological polar surface area (TPSA) is 17.1 Å². The van der Waals surface area contributed by atoms with Gasteiger partial charge in [-0.1, -0.05) is 48.6 Å². The lowest BCUT2D eigenvalue weighted by Gasteiger charge is -1.87. The van der Waals surface area contributed by atoms with Crippen LogP contribution >= 0.6 is 0 Å². The van der Waals surface area contributed by atoms with Crippen LogP contribution in [0.15, 0.2) is 48.6 Å². The molecule has 12 heavy (non-hydrogen) atoms. The van der Waals surface area contributed by atoms with Gasteiger partial charge in [-0.05, 0) is 11.6 Å². The molecule has 1 rings (SSSR count). The SMILES string of the molecule is O=C/C=C\C=C\c1ccccc1. The van der Waals surface area contributed by atoms with Gasteiger partial charge in [-0.15, -0.1) is 0 Å². The van der Waals surface area contributed by atoms with Crippen LogP contribution in [-0.2, 0) is 4.79 Å². The molecule has 1 aromatic carbocycles. The van der Waals surface area contributed by atoms with E-state index in [1.807, 2.05) is 42.5 Å². The zero-order chi connectivity index (χ0) is 8.65. The van der Waals surface area contributed by atoms with E-state index < -0.39 is 0 Å². The third kappa shape index (κ3) is 2.97. The molecule has 0 fully saturated rings. The van der Waals surface area contributed by atoms with E-state index in [0.717, 1.165) is 11.8 Å². The van der Waals surface area contributed by atoms with Gasteiger partial charge in [-0.2, -0.15) is 0 Å². The molecule has 0 aromatic heterocycles. The Hall–Kier alpha value is -1.63. The van der Waals surface area contributed by atoms with Gasteiger partial charge in [0.05, 0.1) is 0 Å². The maximum Gasteiger partial charge on any atom is 0.142 e. The number of carbonyl (C=O) groups excluding carboxylic acids is 1. The van der Waals surface area contributed by atoms with Gasteiger partial charge < -0.3 is 0 Å². The van der Waals surface area contributed by atoms with Crippen molar-refractivity contribution < 1.29 is 4.79 Å². The zero-order valence-electron chi connectivity index (χ0n) is 6.68. The molecule has 0 radical (unpaired) electrons. The molecule has 0 spiro atoms. The summed E-state index contributed by atoms with van der Waals surface area (Å²) in [6.07, 6.45) is 7.71. The predicted molar refractivity (Wildman–Crippen MR) is 50.7 cm³/mol. The molecule has 60 valence electrons. The van der Waals surface area contributed by atoms with E-state index in [9.17, 15) is 4.79 Å². The molecule has 0 saturated carbocycles. The van der Waals surface area contributed by atoms with Gasteiger partial charge in [-0.25, -0.2) is 0 Å². The summed E-state index contributed by atoms with van der Waals surface area (Å²) in [5, 5.41) is 0. The van der Waals surface area contributed by atoms with E-state index in [0.29, 0.717) is 0 Å². The molecule has 1 aromatic rings. The Labute approximate surface area is 72.0 Å². The number of carbonyl (C=O) groups is 1. The van der Waals surface area contributed by atoms with Crippen LogP contribution in [0.5, 0.6) is 0 Å². The highest BCUT2D eigenvalue weighted by Gasteiger charge is 1.78. The molecule has 0 heterocycles. The number of aldehydes is 1. The fraction of sp³-hybridized carbons (Fsp3) is 0. The average molecular weight is 158 g/mol. The molecule has 0 saturated heterocycles. The lowest BCUT2D eigenvalue weighted by Crippen LogP contribution is -1.66. The van der Waals surface area contributed by atoms with E-state index in [4.69, 9.17) is 0 Å². The predicted octanol–water partition coefficient (Wildman–Crippen LogP) is 2.45. The van der Waals surface area contributed by atoms with Crippen molar-refractivity contribution >= 4 is 12.4 Å². The van der Waals surface area contributed by atoms with E-state index in [-0.39, 0.29) is 0 Å². The Morgan fingerprint density at radius 2 is 1.67 bits per heavy atom. The summed E-state index contributed by atoms with van der Waals surface area (Å²) < 4.78 is 0. The van der Waals surface area contributed by atoms with Crippen molar-refractivity contribution in [1.82, 2.24) is 0 Å². The monoisotopic (exact) mass is 158 g/mol. The van der Waals surface area contributed by atoms with Crippen LogP contribution in [0.4, 0.5) is 0 Å². The lowest BCUT2D eigenvalue weighted by atomic mass is 10.2. The minimum Gasteiger partial charge on any atom is -0.299 e. The first-order valence-corrected chi connectivity index (χ1v) is 3.77. The average Bonchev–Trinajstić information content (AvgIpc) is 2.14. The quantitative estimate of drug-likeness (QED) is 0.375. The highest BCUT2D eigenvalue weighted by Crippen LogP contribution is 2.00. The highest BCUT2D eigenvalue weighted by atomic mass is 16.1. The molecule has 0 aliphatic carbocycles. The molecule has 0 aliphatic rings. The van der Waals surface area contributed by atoms with E-state index in [1.165, 1.54) is 6.08 Å². The Balaban J connectivity index is 2.58. The summed E-state index contributed by atoms with van der Waals surface area (Å²) in [7, 11) is 0. The van der Waals surface area contributed by atoms with Crippen molar-refractivity contribution in [2.24, 2.45) is 0 Å². The first-order valence-electron chi connectivity index (χ1n) is 3.77. The van der Waals surface area contributed by atoms with Crippen molar-refractivity contribution in [3.05, 3.63) is 54.1 Å². The molecular formula is C11H10O. The summed E-state index contributed by atoms with van der Waals surface area (Å²) in [6.45, 7) is 0. The number of allylic oxidation sites excluding steroid dienone is 3. The molecule has 0 N–H and O–H groups in total. The Morgan fingerprint density at radius 1 is 0.917 bits per heavy atom. The third-order valence-electron chi connectivity index (χ3n) is 1.39. The lowest BCUT2D eigenvalue weighted by molar-refractivity contribution is -0.104. The molecule has 0 unspecified atom stereocenters. The Bertz CT molecular complexity index is 283. The maximum atomic E-state index is 9.90. The standard InChI is InChI=1S/C11H10O/c12-10-6-2-5-9-11-7-3-1-4-8-11/h1-10H/b6-2-,9-5+. The fourth-order valence-electron chi connectivity index (χ4n) is 0.840. The summed E-state index contributed by atoms with van der Waals surface area (Å²) in [5.41, 5.74) is 1.13. The molecule has 0 aliphatic heterocycles. The van der Waals surface area contributed by atoms with E-state index in [1.54, 1.807) is 6.08 Å². The molecule has 1 nitrogen and oxygen atoms in total. The van der Waals surface area contributed by atoms with Crippen LogP contribution < -0.4 is 0 Å². The number of benzene rings is 1. The summed E-state index contributed by atoms with van der Waals surface area (Å²) in [5.74, 6) is 0.